The maximum absolute atomic E-state index is 5.66. The first-order chi connectivity index (χ1) is 9.79. The zero-order chi connectivity index (χ0) is 15.1. The van der Waals surface area contributed by atoms with Gasteiger partial charge in [0.25, 0.3) is 0 Å². The minimum Gasteiger partial charge on any atom is -0.382 e. The van der Waals surface area contributed by atoms with Crippen LogP contribution in [0.3, 0.4) is 0 Å². The van der Waals surface area contributed by atoms with Crippen LogP contribution in [0.25, 0.3) is 0 Å². The molecule has 6 nitrogen and oxygen atoms in total. The lowest BCUT2D eigenvalue weighted by Crippen LogP contribution is -2.38. The predicted molar refractivity (Wildman–Crippen MR) is 75.7 cm³/mol. The van der Waals surface area contributed by atoms with Crippen molar-refractivity contribution in [3.05, 3.63) is 0 Å². The van der Waals surface area contributed by atoms with Crippen LogP contribution in [0, 0.1) is 0 Å². The largest absolute Gasteiger partial charge is 0.382 e. The molecule has 0 aromatic carbocycles. The summed E-state index contributed by atoms with van der Waals surface area (Å²) in [7, 11) is 3.26. The standard InChI is InChI=1S/C14H30O6/c1-5-7-17-13(18-8-6-2)14(19-11-9-15-3)20-12-10-16-4/h13-14H,5-12H2,1-4H3. The van der Waals surface area contributed by atoms with Crippen molar-refractivity contribution in [3.63, 3.8) is 0 Å². The molecule has 20 heavy (non-hydrogen) atoms. The summed E-state index contributed by atoms with van der Waals surface area (Å²) < 4.78 is 32.5. The molecule has 0 aliphatic rings. The maximum atomic E-state index is 5.66. The van der Waals surface area contributed by atoms with Gasteiger partial charge in [-0.3, -0.25) is 0 Å². The third kappa shape index (κ3) is 10.5. The molecule has 0 rings (SSSR count). The van der Waals surface area contributed by atoms with Gasteiger partial charge in [-0.15, -0.1) is 0 Å². The lowest BCUT2D eigenvalue weighted by Gasteiger charge is -2.27. The van der Waals surface area contributed by atoms with Crippen molar-refractivity contribution in [1.82, 2.24) is 0 Å². The molecule has 0 heterocycles. The van der Waals surface area contributed by atoms with Gasteiger partial charge in [-0.1, -0.05) is 13.8 Å². The normalized spacial score (nSPS) is 11.7. The van der Waals surface area contributed by atoms with Crippen LogP contribution in [-0.4, -0.2) is 66.4 Å². The highest BCUT2D eigenvalue weighted by Gasteiger charge is 2.24. The van der Waals surface area contributed by atoms with E-state index in [-0.39, 0.29) is 0 Å². The summed E-state index contributed by atoms with van der Waals surface area (Å²) in [6.07, 6.45) is 0.728. The van der Waals surface area contributed by atoms with Crippen LogP contribution in [0.5, 0.6) is 0 Å². The van der Waals surface area contributed by atoms with Gasteiger partial charge in [-0.25, -0.2) is 0 Å². The smallest absolute Gasteiger partial charge is 0.209 e. The summed E-state index contributed by atoms with van der Waals surface area (Å²) in [6.45, 7) is 7.15. The van der Waals surface area contributed by atoms with Crippen molar-refractivity contribution >= 4 is 0 Å². The number of hydrogen-bond acceptors (Lipinski definition) is 6. The van der Waals surface area contributed by atoms with Crippen LogP contribution in [0.1, 0.15) is 26.7 Å². The first-order valence-electron chi connectivity index (χ1n) is 7.24. The van der Waals surface area contributed by atoms with Crippen LogP contribution in [0.2, 0.25) is 0 Å². The number of hydrogen-bond donors (Lipinski definition) is 0. The zero-order valence-corrected chi connectivity index (χ0v) is 13.3. The van der Waals surface area contributed by atoms with Crippen LogP contribution in [0.4, 0.5) is 0 Å². The summed E-state index contributed by atoms with van der Waals surface area (Å²) in [5.74, 6) is 0. The van der Waals surface area contributed by atoms with Crippen molar-refractivity contribution in [1.29, 1.82) is 0 Å². The van der Waals surface area contributed by atoms with E-state index in [1.165, 1.54) is 0 Å². The van der Waals surface area contributed by atoms with Gasteiger partial charge in [0, 0.05) is 27.4 Å². The number of ether oxygens (including phenoxy) is 6. The topological polar surface area (TPSA) is 55.4 Å². The molecule has 0 unspecified atom stereocenters. The average molecular weight is 294 g/mol. The maximum Gasteiger partial charge on any atom is 0.209 e. The van der Waals surface area contributed by atoms with Crippen molar-refractivity contribution in [2.45, 2.75) is 39.3 Å². The highest BCUT2D eigenvalue weighted by Crippen LogP contribution is 2.10. The minimum absolute atomic E-state index is 0.426. The Hall–Kier alpha value is -0.240. The van der Waals surface area contributed by atoms with E-state index in [4.69, 9.17) is 28.4 Å². The summed E-state index contributed by atoms with van der Waals surface area (Å²) in [5.41, 5.74) is 0. The molecule has 0 saturated carbocycles. The van der Waals surface area contributed by atoms with Gasteiger partial charge >= 0.3 is 0 Å². The Morgan fingerprint density at radius 3 is 1.20 bits per heavy atom. The van der Waals surface area contributed by atoms with E-state index in [2.05, 4.69) is 0 Å². The summed E-state index contributed by atoms with van der Waals surface area (Å²) in [5, 5.41) is 0. The molecule has 6 heteroatoms. The molecule has 0 radical (unpaired) electrons. The van der Waals surface area contributed by atoms with E-state index < -0.39 is 12.6 Å². The Balaban J connectivity index is 4.33. The van der Waals surface area contributed by atoms with E-state index in [9.17, 15) is 0 Å². The van der Waals surface area contributed by atoms with E-state index in [1.54, 1.807) is 14.2 Å². The Morgan fingerprint density at radius 2 is 0.900 bits per heavy atom. The summed E-state index contributed by atoms with van der Waals surface area (Å²) in [4.78, 5) is 0. The second kappa shape index (κ2) is 15.2. The fraction of sp³-hybridized carbons (Fsp3) is 1.00. The Bertz CT molecular complexity index is 173. The van der Waals surface area contributed by atoms with Crippen LogP contribution in [0.15, 0.2) is 0 Å². The molecule has 0 N–H and O–H groups in total. The van der Waals surface area contributed by atoms with E-state index >= 15 is 0 Å². The molecule has 0 aromatic heterocycles. The van der Waals surface area contributed by atoms with Gasteiger partial charge in [0.2, 0.25) is 12.6 Å². The molecule has 0 fully saturated rings. The highest BCUT2D eigenvalue weighted by atomic mass is 16.8. The van der Waals surface area contributed by atoms with Gasteiger partial charge < -0.3 is 28.4 Å². The lowest BCUT2D eigenvalue weighted by atomic mass is 10.5. The van der Waals surface area contributed by atoms with Crippen molar-refractivity contribution in [3.8, 4) is 0 Å². The third-order valence-corrected chi connectivity index (χ3v) is 2.33. The zero-order valence-electron chi connectivity index (χ0n) is 13.3. The van der Waals surface area contributed by atoms with E-state index in [0.717, 1.165) is 12.8 Å². The molecule has 0 amide bonds. The number of methoxy groups -OCH3 is 2. The van der Waals surface area contributed by atoms with E-state index in [1.807, 2.05) is 13.8 Å². The second-order valence-corrected chi connectivity index (χ2v) is 4.21. The van der Waals surface area contributed by atoms with Crippen LogP contribution in [-0.2, 0) is 28.4 Å². The quantitative estimate of drug-likeness (QED) is 0.339. The second-order valence-electron chi connectivity index (χ2n) is 4.21. The molecule has 0 aromatic rings. The Morgan fingerprint density at radius 1 is 0.550 bits per heavy atom. The van der Waals surface area contributed by atoms with Gasteiger partial charge in [-0.2, -0.15) is 0 Å². The van der Waals surface area contributed by atoms with Crippen molar-refractivity contribution < 1.29 is 28.4 Å². The minimum atomic E-state index is -0.571. The lowest BCUT2D eigenvalue weighted by molar-refractivity contribution is -0.289. The monoisotopic (exact) mass is 294 g/mol. The first kappa shape index (κ1) is 19.8. The molecule has 0 atom stereocenters. The molecule has 0 saturated heterocycles. The fourth-order valence-electron chi connectivity index (χ4n) is 1.37. The molecular weight excluding hydrogens is 264 g/mol. The summed E-state index contributed by atoms with van der Waals surface area (Å²) >= 11 is 0. The summed E-state index contributed by atoms with van der Waals surface area (Å²) in [6, 6.07) is 0. The Labute approximate surface area is 122 Å². The SMILES string of the molecule is CCCOC(OCCC)C(OCCOC)OCCOC. The van der Waals surface area contributed by atoms with Crippen LogP contribution >= 0.6 is 0 Å². The highest BCUT2D eigenvalue weighted by molar-refractivity contribution is 4.53. The molecule has 0 spiro atoms. The van der Waals surface area contributed by atoms with Crippen LogP contribution < -0.4 is 0 Å². The molecule has 0 bridgehead atoms. The Kier molecular flexibility index (Phi) is 15.0. The van der Waals surface area contributed by atoms with Crippen molar-refractivity contribution in [2.75, 3.05) is 53.9 Å². The molecular formula is C14H30O6. The van der Waals surface area contributed by atoms with Gasteiger partial charge in [0.1, 0.15) is 0 Å². The molecule has 0 aliphatic heterocycles. The van der Waals surface area contributed by atoms with Crippen molar-refractivity contribution in [2.24, 2.45) is 0 Å². The molecule has 122 valence electrons. The third-order valence-electron chi connectivity index (χ3n) is 2.33. The van der Waals surface area contributed by atoms with Gasteiger partial charge in [-0.05, 0) is 12.8 Å². The average Bonchev–Trinajstić information content (AvgIpc) is 2.46. The van der Waals surface area contributed by atoms with E-state index in [0.29, 0.717) is 39.6 Å². The molecule has 0 aliphatic carbocycles. The first-order valence-corrected chi connectivity index (χ1v) is 7.24. The predicted octanol–water partition coefficient (Wildman–Crippen LogP) is 1.82. The number of rotatable bonds is 15. The van der Waals surface area contributed by atoms with Gasteiger partial charge in [0.05, 0.1) is 26.4 Å². The fourth-order valence-corrected chi connectivity index (χ4v) is 1.37. The van der Waals surface area contributed by atoms with Gasteiger partial charge in [0.15, 0.2) is 0 Å².